The molecule has 0 aliphatic heterocycles. The summed E-state index contributed by atoms with van der Waals surface area (Å²) >= 11 is 0. The average Bonchev–Trinajstić information content (AvgIpc) is 2.93. The van der Waals surface area contributed by atoms with Gasteiger partial charge in [0.1, 0.15) is 17.0 Å². The van der Waals surface area contributed by atoms with E-state index in [9.17, 15) is 9.90 Å². The van der Waals surface area contributed by atoms with E-state index in [1.807, 2.05) is 24.3 Å². The summed E-state index contributed by atoms with van der Waals surface area (Å²) in [4.78, 5) is 15.6. The van der Waals surface area contributed by atoms with Crippen molar-refractivity contribution in [3.63, 3.8) is 0 Å². The zero-order valence-electron chi connectivity index (χ0n) is 12.7. The highest BCUT2D eigenvalue weighted by Gasteiger charge is 2.22. The number of pyridine rings is 1. The van der Waals surface area contributed by atoms with Gasteiger partial charge in [-0.3, -0.25) is 4.98 Å². The van der Waals surface area contributed by atoms with Crippen LogP contribution < -0.4 is 4.74 Å². The van der Waals surface area contributed by atoms with Crippen molar-refractivity contribution < 1.29 is 14.6 Å². The van der Waals surface area contributed by atoms with Crippen molar-refractivity contribution in [2.45, 2.75) is 6.92 Å². The Balaban J connectivity index is 2.17. The Bertz CT molecular complexity index is 840. The number of methoxy groups -OCH3 is 1. The number of hydrogen-bond donors (Lipinski definition) is 1. The van der Waals surface area contributed by atoms with Crippen molar-refractivity contribution in [3.05, 3.63) is 60.0 Å². The number of carboxylic acids is 1. The van der Waals surface area contributed by atoms with E-state index in [4.69, 9.17) is 4.74 Å². The lowest BCUT2D eigenvalue weighted by Gasteiger charge is -2.05. The van der Waals surface area contributed by atoms with E-state index in [1.165, 1.54) is 0 Å². The molecule has 0 bridgehead atoms. The zero-order valence-corrected chi connectivity index (χ0v) is 12.7. The molecular formula is C17H15N3O3. The van der Waals surface area contributed by atoms with Gasteiger partial charge in [-0.05, 0) is 43.3 Å². The van der Waals surface area contributed by atoms with Crippen LogP contribution in [0.25, 0.3) is 16.9 Å². The highest BCUT2D eigenvalue weighted by atomic mass is 16.5. The van der Waals surface area contributed by atoms with Gasteiger partial charge in [0.15, 0.2) is 0 Å². The molecule has 0 amide bonds. The summed E-state index contributed by atoms with van der Waals surface area (Å²) in [6.45, 7) is 1.74. The number of aromatic nitrogens is 3. The van der Waals surface area contributed by atoms with Gasteiger partial charge in [0.25, 0.3) is 0 Å². The summed E-state index contributed by atoms with van der Waals surface area (Å²) in [7, 11) is 1.60. The number of benzene rings is 1. The summed E-state index contributed by atoms with van der Waals surface area (Å²) in [6, 6.07) is 10.8. The monoisotopic (exact) mass is 309 g/mol. The average molecular weight is 309 g/mol. The van der Waals surface area contributed by atoms with Gasteiger partial charge in [-0.1, -0.05) is 0 Å². The molecule has 6 heteroatoms. The fourth-order valence-electron chi connectivity index (χ4n) is 2.44. The lowest BCUT2D eigenvalue weighted by Crippen LogP contribution is -2.02. The number of nitrogens with zero attached hydrogens (tertiary/aromatic N) is 3. The number of carbonyl (C=O) groups is 1. The summed E-state index contributed by atoms with van der Waals surface area (Å²) in [5, 5.41) is 14.1. The molecule has 0 saturated heterocycles. The molecule has 0 aliphatic carbocycles. The maximum atomic E-state index is 11.7. The number of carboxylic acid groups (broad SMARTS) is 1. The number of ether oxygens (including phenoxy) is 1. The lowest BCUT2D eigenvalue weighted by molar-refractivity contribution is 0.0697. The Morgan fingerprint density at radius 2 is 1.78 bits per heavy atom. The summed E-state index contributed by atoms with van der Waals surface area (Å²) in [5.74, 6) is -0.277. The van der Waals surface area contributed by atoms with Crippen molar-refractivity contribution >= 4 is 5.97 Å². The van der Waals surface area contributed by atoms with Gasteiger partial charge in [0.05, 0.1) is 18.5 Å². The van der Waals surface area contributed by atoms with Gasteiger partial charge in [-0.25, -0.2) is 9.48 Å². The lowest BCUT2D eigenvalue weighted by atomic mass is 10.1. The van der Waals surface area contributed by atoms with E-state index in [2.05, 4.69) is 10.1 Å². The molecule has 3 rings (SSSR count). The van der Waals surface area contributed by atoms with Crippen LogP contribution in [0.1, 0.15) is 16.1 Å². The standard InChI is InChI=1S/C17H15N3O3/c1-11-15(17(21)22)16(12-7-9-18-10-8-12)19-20(11)13-3-5-14(23-2)6-4-13/h3-10H,1-2H3,(H,21,22). The third-order valence-electron chi connectivity index (χ3n) is 3.60. The van der Waals surface area contributed by atoms with E-state index < -0.39 is 5.97 Å². The van der Waals surface area contributed by atoms with Gasteiger partial charge in [-0.15, -0.1) is 0 Å². The Labute approximate surface area is 133 Å². The minimum absolute atomic E-state index is 0.187. The van der Waals surface area contributed by atoms with Crippen LogP contribution in [0.2, 0.25) is 0 Å². The van der Waals surface area contributed by atoms with Crippen molar-refractivity contribution in [3.8, 4) is 22.7 Å². The molecule has 0 unspecified atom stereocenters. The zero-order chi connectivity index (χ0) is 16.4. The summed E-state index contributed by atoms with van der Waals surface area (Å²) < 4.78 is 6.76. The molecule has 23 heavy (non-hydrogen) atoms. The van der Waals surface area contributed by atoms with Gasteiger partial charge in [0, 0.05) is 18.0 Å². The van der Waals surface area contributed by atoms with Gasteiger partial charge < -0.3 is 9.84 Å². The van der Waals surface area contributed by atoms with Crippen LogP contribution in [-0.4, -0.2) is 33.0 Å². The van der Waals surface area contributed by atoms with Crippen LogP contribution in [-0.2, 0) is 0 Å². The van der Waals surface area contributed by atoms with Crippen LogP contribution in [0.3, 0.4) is 0 Å². The molecular weight excluding hydrogens is 294 g/mol. The SMILES string of the molecule is COc1ccc(-n2nc(-c3ccncc3)c(C(=O)O)c2C)cc1. The van der Waals surface area contributed by atoms with Crippen molar-refractivity contribution in [2.75, 3.05) is 7.11 Å². The molecule has 0 radical (unpaired) electrons. The van der Waals surface area contributed by atoms with Gasteiger partial charge >= 0.3 is 5.97 Å². The van der Waals surface area contributed by atoms with E-state index in [0.29, 0.717) is 17.0 Å². The number of rotatable bonds is 4. The third kappa shape index (κ3) is 2.66. The predicted molar refractivity (Wildman–Crippen MR) is 85.0 cm³/mol. The van der Waals surface area contributed by atoms with E-state index >= 15 is 0 Å². The number of aromatic carboxylic acids is 1. The van der Waals surface area contributed by atoms with Crippen molar-refractivity contribution in [1.29, 1.82) is 0 Å². The molecule has 2 heterocycles. The largest absolute Gasteiger partial charge is 0.497 e. The first-order valence-electron chi connectivity index (χ1n) is 6.99. The first kappa shape index (κ1) is 14.8. The quantitative estimate of drug-likeness (QED) is 0.801. The minimum Gasteiger partial charge on any atom is -0.497 e. The topological polar surface area (TPSA) is 77.2 Å². The fourth-order valence-corrected chi connectivity index (χ4v) is 2.44. The van der Waals surface area contributed by atoms with E-state index in [1.54, 1.807) is 43.2 Å². The number of hydrogen-bond acceptors (Lipinski definition) is 4. The smallest absolute Gasteiger partial charge is 0.339 e. The molecule has 0 saturated carbocycles. The first-order valence-corrected chi connectivity index (χ1v) is 6.99. The highest BCUT2D eigenvalue weighted by molar-refractivity contribution is 5.96. The van der Waals surface area contributed by atoms with Crippen LogP contribution in [0, 0.1) is 6.92 Å². The van der Waals surface area contributed by atoms with Crippen molar-refractivity contribution in [1.82, 2.24) is 14.8 Å². The molecule has 0 fully saturated rings. The van der Waals surface area contributed by atoms with Crippen molar-refractivity contribution in [2.24, 2.45) is 0 Å². The second kappa shape index (κ2) is 5.92. The second-order valence-corrected chi connectivity index (χ2v) is 4.96. The molecule has 1 aromatic carbocycles. The second-order valence-electron chi connectivity index (χ2n) is 4.96. The third-order valence-corrected chi connectivity index (χ3v) is 3.60. The highest BCUT2D eigenvalue weighted by Crippen LogP contribution is 2.27. The maximum Gasteiger partial charge on any atom is 0.339 e. The van der Waals surface area contributed by atoms with E-state index in [0.717, 1.165) is 11.4 Å². The summed E-state index contributed by atoms with van der Waals surface area (Å²) in [5.41, 5.74) is 2.66. The minimum atomic E-state index is -1.01. The predicted octanol–water partition coefficient (Wildman–Crippen LogP) is 2.95. The first-order chi connectivity index (χ1) is 11.1. The molecule has 116 valence electrons. The Morgan fingerprint density at radius 1 is 1.13 bits per heavy atom. The van der Waals surface area contributed by atoms with Gasteiger partial charge in [0.2, 0.25) is 0 Å². The van der Waals surface area contributed by atoms with Crippen LogP contribution in [0.5, 0.6) is 5.75 Å². The molecule has 6 nitrogen and oxygen atoms in total. The molecule has 0 spiro atoms. The van der Waals surface area contributed by atoms with Crippen LogP contribution in [0.4, 0.5) is 0 Å². The Morgan fingerprint density at radius 3 is 2.35 bits per heavy atom. The van der Waals surface area contributed by atoms with Crippen LogP contribution in [0.15, 0.2) is 48.8 Å². The molecule has 3 aromatic rings. The normalized spacial score (nSPS) is 10.5. The Kier molecular flexibility index (Phi) is 3.80. The molecule has 1 N–H and O–H groups in total. The maximum absolute atomic E-state index is 11.7. The molecule has 2 aromatic heterocycles. The summed E-state index contributed by atoms with van der Waals surface area (Å²) in [6.07, 6.45) is 3.23. The van der Waals surface area contributed by atoms with Gasteiger partial charge in [-0.2, -0.15) is 5.10 Å². The van der Waals surface area contributed by atoms with E-state index in [-0.39, 0.29) is 5.56 Å². The molecule has 0 aliphatic rings. The fraction of sp³-hybridized carbons (Fsp3) is 0.118. The molecule has 0 atom stereocenters. The van der Waals surface area contributed by atoms with Crippen LogP contribution >= 0.6 is 0 Å². The Hall–Kier alpha value is -3.15.